The summed E-state index contributed by atoms with van der Waals surface area (Å²) in [4.78, 5) is 17.7. The maximum absolute atomic E-state index is 13.0. The first kappa shape index (κ1) is 15.4. The molecule has 2 aromatic rings. The first-order valence-electron chi connectivity index (χ1n) is 9.83. The third-order valence-electron chi connectivity index (χ3n) is 6.99. The quantitative estimate of drug-likeness (QED) is 0.925. The standard InChI is InChI=1S/C21H27N3O/c1-14-23-18-4-2-3-5-19(18)24(14)7-6-22-20(25)21-11-15-8-16(12-21)10-17(9-15)13-21/h2-5,15-17H,6-13H2,1H3,(H,22,25). The highest BCUT2D eigenvalue weighted by atomic mass is 16.2. The van der Waals surface area contributed by atoms with Gasteiger partial charge in [0, 0.05) is 18.5 Å². The minimum Gasteiger partial charge on any atom is -0.354 e. The van der Waals surface area contributed by atoms with Crippen molar-refractivity contribution < 1.29 is 4.79 Å². The summed E-state index contributed by atoms with van der Waals surface area (Å²) in [6.45, 7) is 3.53. The smallest absolute Gasteiger partial charge is 0.226 e. The Kier molecular flexibility index (Phi) is 3.44. The van der Waals surface area contributed by atoms with Crippen molar-refractivity contribution in [3.8, 4) is 0 Å². The molecule has 1 heterocycles. The molecule has 1 amide bonds. The van der Waals surface area contributed by atoms with Crippen LogP contribution in [0.5, 0.6) is 0 Å². The maximum atomic E-state index is 13.0. The largest absolute Gasteiger partial charge is 0.354 e. The van der Waals surface area contributed by atoms with Crippen molar-refractivity contribution in [1.82, 2.24) is 14.9 Å². The molecule has 4 fully saturated rings. The lowest BCUT2D eigenvalue weighted by atomic mass is 9.49. The molecule has 4 aliphatic rings. The summed E-state index contributed by atoms with van der Waals surface area (Å²) in [6.07, 6.45) is 7.56. The zero-order chi connectivity index (χ0) is 17.0. The van der Waals surface area contributed by atoms with Crippen LogP contribution in [0, 0.1) is 30.1 Å². The normalized spacial score (nSPS) is 33.1. The highest BCUT2D eigenvalue weighted by Crippen LogP contribution is 2.60. The second-order valence-corrected chi connectivity index (χ2v) is 8.75. The Bertz CT molecular complexity index is 786. The molecule has 0 aliphatic heterocycles. The number of hydrogen-bond donors (Lipinski definition) is 1. The Morgan fingerprint density at radius 3 is 2.48 bits per heavy atom. The number of amides is 1. The molecule has 4 bridgehead atoms. The Balaban J connectivity index is 1.27. The van der Waals surface area contributed by atoms with Gasteiger partial charge in [-0.15, -0.1) is 0 Å². The van der Waals surface area contributed by atoms with Crippen LogP contribution in [0.25, 0.3) is 11.0 Å². The summed E-state index contributed by atoms with van der Waals surface area (Å²) in [5, 5.41) is 3.28. The van der Waals surface area contributed by atoms with E-state index in [1.165, 1.54) is 19.3 Å². The van der Waals surface area contributed by atoms with Crippen molar-refractivity contribution in [1.29, 1.82) is 0 Å². The lowest BCUT2D eigenvalue weighted by Gasteiger charge is -2.55. The average molecular weight is 337 g/mol. The van der Waals surface area contributed by atoms with Gasteiger partial charge in [0.05, 0.1) is 11.0 Å². The number of nitrogens with zero attached hydrogens (tertiary/aromatic N) is 2. The van der Waals surface area contributed by atoms with Crippen LogP contribution in [-0.2, 0) is 11.3 Å². The van der Waals surface area contributed by atoms with Gasteiger partial charge in [-0.1, -0.05) is 12.1 Å². The third-order valence-corrected chi connectivity index (χ3v) is 6.99. The summed E-state index contributed by atoms with van der Waals surface area (Å²) in [5.41, 5.74) is 2.15. The van der Waals surface area contributed by atoms with E-state index < -0.39 is 0 Å². The van der Waals surface area contributed by atoms with E-state index in [-0.39, 0.29) is 5.41 Å². The number of carbonyl (C=O) groups excluding carboxylic acids is 1. The fourth-order valence-electron chi connectivity index (χ4n) is 6.34. The summed E-state index contributed by atoms with van der Waals surface area (Å²) in [6, 6.07) is 8.23. The highest BCUT2D eigenvalue weighted by Gasteiger charge is 2.54. The van der Waals surface area contributed by atoms with Crippen LogP contribution in [0.15, 0.2) is 24.3 Å². The molecule has 1 N–H and O–H groups in total. The molecule has 0 unspecified atom stereocenters. The molecule has 4 aliphatic carbocycles. The predicted molar refractivity (Wildman–Crippen MR) is 98.1 cm³/mol. The van der Waals surface area contributed by atoms with Crippen LogP contribution < -0.4 is 5.32 Å². The molecule has 25 heavy (non-hydrogen) atoms. The molecule has 1 aromatic carbocycles. The Labute approximate surface area is 149 Å². The van der Waals surface area contributed by atoms with Crippen molar-refractivity contribution in [2.75, 3.05) is 6.54 Å². The van der Waals surface area contributed by atoms with Gasteiger partial charge in [0.2, 0.25) is 5.91 Å². The summed E-state index contributed by atoms with van der Waals surface area (Å²) < 4.78 is 2.22. The number of para-hydroxylation sites is 2. The van der Waals surface area contributed by atoms with E-state index in [0.29, 0.717) is 12.5 Å². The number of aryl methyl sites for hydroxylation is 1. The maximum Gasteiger partial charge on any atom is 0.226 e. The van der Waals surface area contributed by atoms with Gasteiger partial charge in [-0.3, -0.25) is 4.79 Å². The van der Waals surface area contributed by atoms with Gasteiger partial charge in [-0.2, -0.15) is 0 Å². The Morgan fingerprint density at radius 2 is 1.80 bits per heavy atom. The molecule has 6 rings (SSSR count). The topological polar surface area (TPSA) is 46.9 Å². The molecule has 4 nitrogen and oxygen atoms in total. The van der Waals surface area contributed by atoms with Crippen LogP contribution in [0.4, 0.5) is 0 Å². The van der Waals surface area contributed by atoms with Gasteiger partial charge in [0.25, 0.3) is 0 Å². The summed E-state index contributed by atoms with van der Waals surface area (Å²) in [7, 11) is 0. The Hall–Kier alpha value is -1.84. The number of aromatic nitrogens is 2. The van der Waals surface area contributed by atoms with Gasteiger partial charge < -0.3 is 9.88 Å². The van der Waals surface area contributed by atoms with Crippen LogP contribution in [0.3, 0.4) is 0 Å². The molecule has 4 heteroatoms. The van der Waals surface area contributed by atoms with Crippen molar-refractivity contribution >= 4 is 16.9 Å². The number of fused-ring (bicyclic) bond motifs is 1. The minimum absolute atomic E-state index is 0.0409. The molecule has 0 spiro atoms. The van der Waals surface area contributed by atoms with Crippen molar-refractivity contribution in [2.45, 2.75) is 52.0 Å². The van der Waals surface area contributed by atoms with E-state index in [1.54, 1.807) is 0 Å². The zero-order valence-corrected chi connectivity index (χ0v) is 15.0. The molecular weight excluding hydrogens is 310 g/mol. The number of hydrogen-bond acceptors (Lipinski definition) is 2. The first-order valence-corrected chi connectivity index (χ1v) is 9.83. The van der Waals surface area contributed by atoms with Gasteiger partial charge in [-0.05, 0) is 75.3 Å². The van der Waals surface area contributed by atoms with Gasteiger partial charge in [-0.25, -0.2) is 4.98 Å². The lowest BCUT2D eigenvalue weighted by Crippen LogP contribution is -2.53. The molecule has 132 valence electrons. The fraction of sp³-hybridized carbons (Fsp3) is 0.619. The fourth-order valence-corrected chi connectivity index (χ4v) is 6.34. The van der Waals surface area contributed by atoms with E-state index in [0.717, 1.165) is 60.4 Å². The van der Waals surface area contributed by atoms with E-state index >= 15 is 0 Å². The molecule has 0 atom stereocenters. The first-order chi connectivity index (χ1) is 12.1. The van der Waals surface area contributed by atoms with E-state index in [9.17, 15) is 4.79 Å². The third kappa shape index (κ3) is 2.49. The van der Waals surface area contributed by atoms with Crippen molar-refractivity contribution in [2.24, 2.45) is 23.2 Å². The van der Waals surface area contributed by atoms with E-state index in [4.69, 9.17) is 0 Å². The van der Waals surface area contributed by atoms with Gasteiger partial charge in [0.15, 0.2) is 0 Å². The number of imidazole rings is 1. The molecule has 0 radical (unpaired) electrons. The van der Waals surface area contributed by atoms with Crippen LogP contribution in [0.1, 0.15) is 44.3 Å². The number of carbonyl (C=O) groups is 1. The minimum atomic E-state index is -0.0409. The van der Waals surface area contributed by atoms with Crippen LogP contribution in [-0.4, -0.2) is 22.0 Å². The van der Waals surface area contributed by atoms with Crippen molar-refractivity contribution in [3.05, 3.63) is 30.1 Å². The zero-order valence-electron chi connectivity index (χ0n) is 15.0. The van der Waals surface area contributed by atoms with Crippen LogP contribution in [0.2, 0.25) is 0 Å². The Morgan fingerprint density at radius 1 is 1.16 bits per heavy atom. The average Bonchev–Trinajstić information content (AvgIpc) is 2.89. The number of rotatable bonds is 4. The van der Waals surface area contributed by atoms with E-state index in [1.807, 2.05) is 25.1 Å². The number of benzene rings is 1. The second-order valence-electron chi connectivity index (χ2n) is 8.75. The van der Waals surface area contributed by atoms with Gasteiger partial charge >= 0.3 is 0 Å². The predicted octanol–water partition coefficient (Wildman–Crippen LogP) is 3.68. The van der Waals surface area contributed by atoms with Crippen molar-refractivity contribution in [3.63, 3.8) is 0 Å². The molecule has 4 saturated carbocycles. The van der Waals surface area contributed by atoms with Crippen LogP contribution >= 0.6 is 0 Å². The van der Waals surface area contributed by atoms with Gasteiger partial charge in [0.1, 0.15) is 5.82 Å². The summed E-state index contributed by atoms with van der Waals surface area (Å²) in [5.74, 6) is 3.80. The SMILES string of the molecule is Cc1nc2ccccc2n1CCNC(=O)C12CC3CC(CC(C3)C1)C2. The molecular formula is C21H27N3O. The van der Waals surface area contributed by atoms with E-state index in [2.05, 4.69) is 20.9 Å². The highest BCUT2D eigenvalue weighted by molar-refractivity contribution is 5.83. The summed E-state index contributed by atoms with van der Waals surface area (Å²) >= 11 is 0. The second kappa shape index (κ2) is 5.58. The molecule has 0 saturated heterocycles. The number of nitrogens with one attached hydrogen (secondary N) is 1. The lowest BCUT2D eigenvalue weighted by molar-refractivity contribution is -0.146. The molecule has 1 aromatic heterocycles. The monoisotopic (exact) mass is 337 g/mol.